The number of nitro benzene ring substituents is 1. The van der Waals surface area contributed by atoms with Crippen molar-refractivity contribution in [1.82, 2.24) is 9.97 Å². The van der Waals surface area contributed by atoms with Gasteiger partial charge in [0, 0.05) is 30.9 Å². The predicted molar refractivity (Wildman–Crippen MR) is 72.9 cm³/mol. The first-order valence-electron chi connectivity index (χ1n) is 5.47. The van der Waals surface area contributed by atoms with Crippen LogP contribution in [0.25, 0.3) is 0 Å². The Bertz CT molecular complexity index is 613. The molecule has 0 atom stereocenters. The van der Waals surface area contributed by atoms with Crippen LogP contribution in [0.3, 0.4) is 0 Å². The van der Waals surface area contributed by atoms with Gasteiger partial charge in [-0.25, -0.2) is 9.97 Å². The zero-order valence-electron chi connectivity index (χ0n) is 10.4. The van der Waals surface area contributed by atoms with Gasteiger partial charge in [-0.2, -0.15) is 0 Å². The number of aryl methyl sites for hydroxylation is 1. The Kier molecular flexibility index (Phi) is 3.62. The molecular weight excluding hydrogens is 268 g/mol. The van der Waals surface area contributed by atoms with E-state index in [-0.39, 0.29) is 5.69 Å². The normalized spacial score (nSPS) is 10.3. The van der Waals surface area contributed by atoms with Gasteiger partial charge >= 0.3 is 0 Å². The summed E-state index contributed by atoms with van der Waals surface area (Å²) in [5, 5.41) is 11.1. The third-order valence-corrected chi connectivity index (χ3v) is 2.76. The Morgan fingerprint density at radius 2 is 2.05 bits per heavy atom. The summed E-state index contributed by atoms with van der Waals surface area (Å²) >= 11 is 5.88. The minimum atomic E-state index is -0.435. The van der Waals surface area contributed by atoms with Crippen molar-refractivity contribution in [1.29, 1.82) is 0 Å². The van der Waals surface area contributed by atoms with Crippen molar-refractivity contribution in [2.24, 2.45) is 0 Å². The van der Waals surface area contributed by atoms with Gasteiger partial charge in [0.1, 0.15) is 16.8 Å². The fraction of sp³-hybridized carbons (Fsp3) is 0.167. The Labute approximate surface area is 114 Å². The Balaban J connectivity index is 2.40. The summed E-state index contributed by atoms with van der Waals surface area (Å²) in [5.41, 5.74) is 0.685. The summed E-state index contributed by atoms with van der Waals surface area (Å²) in [6.07, 6.45) is 0. The topological polar surface area (TPSA) is 72.2 Å². The number of halogens is 1. The Morgan fingerprint density at radius 1 is 1.32 bits per heavy atom. The average Bonchev–Trinajstić information content (AvgIpc) is 2.37. The van der Waals surface area contributed by atoms with Crippen molar-refractivity contribution < 1.29 is 4.92 Å². The van der Waals surface area contributed by atoms with E-state index in [1.54, 1.807) is 37.1 Å². The molecule has 0 fully saturated rings. The quantitative estimate of drug-likeness (QED) is 0.490. The second-order valence-electron chi connectivity index (χ2n) is 3.93. The van der Waals surface area contributed by atoms with Gasteiger partial charge in [0.05, 0.1) is 4.92 Å². The number of nitrogens with zero attached hydrogens (tertiary/aromatic N) is 4. The van der Waals surface area contributed by atoms with Crippen molar-refractivity contribution in [3.63, 3.8) is 0 Å². The van der Waals surface area contributed by atoms with E-state index in [1.807, 2.05) is 0 Å². The molecule has 0 saturated heterocycles. The molecule has 1 aromatic heterocycles. The number of aromatic nitrogens is 2. The summed E-state index contributed by atoms with van der Waals surface area (Å²) in [6.45, 7) is 1.73. The highest BCUT2D eigenvalue weighted by Gasteiger charge is 2.11. The van der Waals surface area contributed by atoms with E-state index in [1.165, 1.54) is 12.1 Å². The molecule has 2 aromatic rings. The van der Waals surface area contributed by atoms with Crippen LogP contribution in [0.4, 0.5) is 17.2 Å². The molecule has 0 radical (unpaired) electrons. The number of benzene rings is 1. The lowest BCUT2D eigenvalue weighted by Gasteiger charge is -2.18. The first-order valence-corrected chi connectivity index (χ1v) is 5.84. The lowest BCUT2D eigenvalue weighted by molar-refractivity contribution is -0.384. The van der Waals surface area contributed by atoms with Crippen LogP contribution in [0.1, 0.15) is 5.82 Å². The van der Waals surface area contributed by atoms with Crippen LogP contribution in [-0.4, -0.2) is 21.9 Å². The maximum atomic E-state index is 10.8. The van der Waals surface area contributed by atoms with Gasteiger partial charge in [-0.15, -0.1) is 0 Å². The van der Waals surface area contributed by atoms with E-state index in [2.05, 4.69) is 9.97 Å². The van der Waals surface area contributed by atoms with Crippen LogP contribution in [0.2, 0.25) is 5.15 Å². The van der Waals surface area contributed by atoms with Gasteiger partial charge in [0.25, 0.3) is 5.69 Å². The number of rotatable bonds is 3. The highest BCUT2D eigenvalue weighted by molar-refractivity contribution is 6.29. The molecule has 1 aromatic carbocycles. The van der Waals surface area contributed by atoms with Gasteiger partial charge in [-0.1, -0.05) is 17.7 Å². The van der Waals surface area contributed by atoms with Crippen LogP contribution in [0.15, 0.2) is 30.3 Å². The van der Waals surface area contributed by atoms with Crippen LogP contribution in [0.5, 0.6) is 0 Å². The number of hydrogen-bond acceptors (Lipinski definition) is 5. The summed E-state index contributed by atoms with van der Waals surface area (Å²) in [7, 11) is 1.76. The zero-order valence-corrected chi connectivity index (χ0v) is 11.1. The van der Waals surface area contributed by atoms with E-state index in [4.69, 9.17) is 11.6 Å². The minimum absolute atomic E-state index is 0.0289. The molecule has 0 N–H and O–H groups in total. The number of nitro groups is 1. The first-order chi connectivity index (χ1) is 8.97. The summed E-state index contributed by atoms with van der Waals surface area (Å²) in [5.74, 6) is 1.12. The second kappa shape index (κ2) is 5.19. The van der Waals surface area contributed by atoms with Crippen molar-refractivity contribution in [2.75, 3.05) is 11.9 Å². The van der Waals surface area contributed by atoms with Gasteiger partial charge in [0.15, 0.2) is 0 Å². The average molecular weight is 279 g/mol. The minimum Gasteiger partial charge on any atom is -0.329 e. The molecule has 1 heterocycles. The van der Waals surface area contributed by atoms with E-state index >= 15 is 0 Å². The summed E-state index contributed by atoms with van der Waals surface area (Å²) in [4.78, 5) is 20.3. The SMILES string of the molecule is Cc1nc(Cl)cc(N(C)c2cccc([N+](=O)[O-])c2)n1. The van der Waals surface area contributed by atoms with E-state index in [0.717, 1.165) is 0 Å². The molecule has 2 rings (SSSR count). The smallest absolute Gasteiger partial charge is 0.271 e. The Hall–Kier alpha value is -2.21. The molecule has 19 heavy (non-hydrogen) atoms. The van der Waals surface area contributed by atoms with Gasteiger partial charge in [-0.3, -0.25) is 10.1 Å². The molecular formula is C12H11ClN4O2. The van der Waals surface area contributed by atoms with Gasteiger partial charge in [0.2, 0.25) is 0 Å². The zero-order chi connectivity index (χ0) is 14.0. The van der Waals surface area contributed by atoms with Crippen LogP contribution in [0, 0.1) is 17.0 Å². The second-order valence-corrected chi connectivity index (χ2v) is 4.32. The third-order valence-electron chi connectivity index (χ3n) is 2.56. The number of anilines is 2. The van der Waals surface area contributed by atoms with Gasteiger partial charge < -0.3 is 4.90 Å². The lowest BCUT2D eigenvalue weighted by Crippen LogP contribution is -2.12. The summed E-state index contributed by atoms with van der Waals surface area (Å²) < 4.78 is 0. The standard InChI is InChI=1S/C12H11ClN4O2/c1-8-14-11(13)7-12(15-8)16(2)9-4-3-5-10(6-9)17(18)19/h3-7H,1-2H3. The van der Waals surface area contributed by atoms with Crippen molar-refractivity contribution in [3.8, 4) is 0 Å². The molecule has 0 aliphatic rings. The van der Waals surface area contributed by atoms with Gasteiger partial charge in [-0.05, 0) is 13.0 Å². The fourth-order valence-electron chi connectivity index (χ4n) is 1.64. The monoisotopic (exact) mass is 278 g/mol. The van der Waals surface area contributed by atoms with Crippen LogP contribution >= 0.6 is 11.6 Å². The number of hydrogen-bond donors (Lipinski definition) is 0. The molecule has 0 unspecified atom stereocenters. The fourth-order valence-corrected chi connectivity index (χ4v) is 1.86. The van der Waals surface area contributed by atoms with Crippen molar-refractivity contribution >= 4 is 28.8 Å². The molecule has 0 amide bonds. The predicted octanol–water partition coefficient (Wildman–Crippen LogP) is 3.11. The van der Waals surface area contributed by atoms with E-state index in [9.17, 15) is 10.1 Å². The molecule has 0 aliphatic heterocycles. The molecule has 0 saturated carbocycles. The molecule has 0 bridgehead atoms. The molecule has 0 spiro atoms. The molecule has 0 aliphatic carbocycles. The third kappa shape index (κ3) is 2.97. The highest BCUT2D eigenvalue weighted by atomic mass is 35.5. The first kappa shape index (κ1) is 13.2. The highest BCUT2D eigenvalue weighted by Crippen LogP contribution is 2.26. The van der Waals surface area contributed by atoms with E-state index in [0.29, 0.717) is 22.5 Å². The lowest BCUT2D eigenvalue weighted by atomic mass is 10.2. The van der Waals surface area contributed by atoms with E-state index < -0.39 is 4.92 Å². The maximum absolute atomic E-state index is 10.8. The van der Waals surface area contributed by atoms with Crippen LogP contribution < -0.4 is 4.90 Å². The Morgan fingerprint density at radius 3 is 2.68 bits per heavy atom. The maximum Gasteiger partial charge on any atom is 0.271 e. The summed E-state index contributed by atoms with van der Waals surface area (Å²) in [6, 6.07) is 7.91. The van der Waals surface area contributed by atoms with Crippen molar-refractivity contribution in [2.45, 2.75) is 6.92 Å². The molecule has 7 heteroatoms. The largest absolute Gasteiger partial charge is 0.329 e. The number of non-ortho nitro benzene ring substituents is 1. The molecule has 98 valence electrons. The molecule has 6 nitrogen and oxygen atoms in total. The van der Waals surface area contributed by atoms with Crippen molar-refractivity contribution in [3.05, 3.63) is 51.4 Å². The van der Waals surface area contributed by atoms with Crippen LogP contribution in [-0.2, 0) is 0 Å².